The number of nitrogens with zero attached hydrogens (tertiary/aromatic N) is 3. The Morgan fingerprint density at radius 1 is 1.34 bits per heavy atom. The second-order valence-electron chi connectivity index (χ2n) is 7.06. The van der Waals surface area contributed by atoms with E-state index in [0.717, 1.165) is 18.5 Å². The number of fused-ring (bicyclic) bond motifs is 1. The van der Waals surface area contributed by atoms with E-state index in [1.54, 1.807) is 0 Å². The van der Waals surface area contributed by atoms with E-state index in [9.17, 15) is 22.4 Å². The number of hydrogen-bond acceptors (Lipinski definition) is 8. The number of ether oxygens (including phenoxy) is 3. The molecule has 3 N–H and O–H groups in total. The normalized spacial score (nSPS) is 24.5. The van der Waals surface area contributed by atoms with E-state index in [2.05, 4.69) is 25.0 Å². The van der Waals surface area contributed by atoms with Crippen LogP contribution in [0.2, 0.25) is 0 Å². The number of carbonyl (C=O) groups excluding carboxylic acids is 1. The maximum absolute atomic E-state index is 14.8. The van der Waals surface area contributed by atoms with Gasteiger partial charge in [-0.25, -0.2) is 23.7 Å². The Hall–Kier alpha value is -3.48. The quantitative estimate of drug-likeness (QED) is 0.639. The molecule has 3 atom stereocenters. The molecule has 4 rings (SSSR count). The Morgan fingerprint density at radius 2 is 2.16 bits per heavy atom. The number of nitrogens with two attached hydrogens (primary N) is 1. The van der Waals surface area contributed by atoms with Gasteiger partial charge in [-0.2, -0.15) is 8.78 Å². The summed E-state index contributed by atoms with van der Waals surface area (Å²) in [5.74, 6) is -2.47. The fraction of sp³-hybridized carbons (Fsp3) is 0.368. The van der Waals surface area contributed by atoms with Crippen LogP contribution in [0.15, 0.2) is 35.6 Å². The highest BCUT2D eigenvalue weighted by molar-refractivity contribution is 6.02. The van der Waals surface area contributed by atoms with Crippen LogP contribution in [0.4, 0.5) is 23.2 Å². The summed E-state index contributed by atoms with van der Waals surface area (Å²) in [4.78, 5) is 24.0. The topological polar surface area (TPSA) is 121 Å². The number of aliphatic imine (C=N–C) groups is 1. The summed E-state index contributed by atoms with van der Waals surface area (Å²) in [6.45, 7) is -4.03. The number of amidine groups is 1. The number of nitrogens with one attached hydrogen (secondary N) is 1. The van der Waals surface area contributed by atoms with Gasteiger partial charge in [0.1, 0.15) is 23.7 Å². The van der Waals surface area contributed by atoms with Crippen LogP contribution in [-0.4, -0.2) is 54.5 Å². The van der Waals surface area contributed by atoms with Crippen molar-refractivity contribution in [3.63, 3.8) is 0 Å². The van der Waals surface area contributed by atoms with Crippen molar-refractivity contribution in [1.82, 2.24) is 9.97 Å². The number of hydrogen-bond donors (Lipinski definition) is 2. The number of aromatic nitrogens is 2. The summed E-state index contributed by atoms with van der Waals surface area (Å²) in [5, 5.41) is 2.52. The molecule has 0 bridgehead atoms. The number of carbonyl (C=O) groups is 1. The summed E-state index contributed by atoms with van der Waals surface area (Å²) >= 11 is 0. The summed E-state index contributed by atoms with van der Waals surface area (Å²) in [7, 11) is 0. The molecule has 1 aromatic heterocycles. The Kier molecular flexibility index (Phi) is 5.82. The van der Waals surface area contributed by atoms with Crippen molar-refractivity contribution in [1.29, 1.82) is 0 Å². The number of alkyl halides is 3. The second-order valence-corrected chi connectivity index (χ2v) is 7.06. The van der Waals surface area contributed by atoms with Gasteiger partial charge in [-0.05, 0) is 18.2 Å². The highest BCUT2D eigenvalue weighted by atomic mass is 19.3. The van der Waals surface area contributed by atoms with E-state index in [1.165, 1.54) is 12.1 Å². The fourth-order valence-electron chi connectivity index (χ4n) is 3.73. The number of rotatable bonds is 6. The first kappa shape index (κ1) is 21.7. The van der Waals surface area contributed by atoms with E-state index in [4.69, 9.17) is 15.2 Å². The van der Waals surface area contributed by atoms with Crippen LogP contribution in [-0.2, 0) is 15.0 Å². The molecule has 0 saturated carbocycles. The monoisotopic (exact) mass is 455 g/mol. The van der Waals surface area contributed by atoms with E-state index in [0.29, 0.717) is 0 Å². The molecule has 2 aliphatic rings. The van der Waals surface area contributed by atoms with Crippen LogP contribution in [0.25, 0.3) is 0 Å². The number of anilines is 1. The third kappa shape index (κ3) is 4.02. The maximum atomic E-state index is 14.8. The second kappa shape index (κ2) is 8.57. The molecule has 170 valence electrons. The number of benzene rings is 1. The van der Waals surface area contributed by atoms with E-state index in [1.807, 2.05) is 0 Å². The Morgan fingerprint density at radius 3 is 2.84 bits per heavy atom. The molecule has 0 aliphatic carbocycles. The zero-order chi connectivity index (χ0) is 22.9. The minimum absolute atomic E-state index is 0.0113. The molecule has 1 aromatic carbocycles. The van der Waals surface area contributed by atoms with Gasteiger partial charge in [0, 0.05) is 11.3 Å². The largest absolute Gasteiger partial charge is 0.465 e. The van der Waals surface area contributed by atoms with Crippen LogP contribution in [0, 0.1) is 11.7 Å². The summed E-state index contributed by atoms with van der Waals surface area (Å²) in [5.41, 5.74) is 4.42. The smallest absolute Gasteiger partial charge is 0.388 e. The predicted octanol–water partition coefficient (Wildman–Crippen LogP) is 1.99. The van der Waals surface area contributed by atoms with Crippen molar-refractivity contribution in [3.05, 3.63) is 47.7 Å². The first-order valence-corrected chi connectivity index (χ1v) is 9.36. The molecule has 3 unspecified atom stereocenters. The van der Waals surface area contributed by atoms with Gasteiger partial charge in [-0.1, -0.05) is 0 Å². The van der Waals surface area contributed by atoms with Gasteiger partial charge in [-0.15, -0.1) is 0 Å². The average Bonchev–Trinajstić information content (AvgIpc) is 3.13. The molecule has 0 radical (unpaired) electrons. The third-order valence-corrected chi connectivity index (χ3v) is 5.21. The predicted molar refractivity (Wildman–Crippen MR) is 101 cm³/mol. The molecule has 2 aromatic rings. The average molecular weight is 455 g/mol. The first-order valence-electron chi connectivity index (χ1n) is 9.36. The lowest BCUT2D eigenvalue weighted by Gasteiger charge is -2.35. The van der Waals surface area contributed by atoms with Crippen LogP contribution in [0.1, 0.15) is 16.1 Å². The molecule has 1 amide bonds. The van der Waals surface area contributed by atoms with Crippen LogP contribution >= 0.6 is 0 Å². The number of halogens is 4. The fourth-order valence-corrected chi connectivity index (χ4v) is 3.73. The Labute approximate surface area is 178 Å². The SMILES string of the molecule is NC1=NC2(c3cc(NC(=O)c4cnc(OC(F)F)cn4)ccc3F)COC(CF)C2CO1. The third-order valence-electron chi connectivity index (χ3n) is 5.21. The molecule has 13 heteroatoms. The van der Waals surface area contributed by atoms with Gasteiger partial charge in [0.05, 0.1) is 37.6 Å². The molecular formula is C19H17F4N5O4. The molecule has 0 spiro atoms. The van der Waals surface area contributed by atoms with E-state index >= 15 is 0 Å². The molecule has 1 saturated heterocycles. The van der Waals surface area contributed by atoms with Crippen LogP contribution in [0.5, 0.6) is 5.88 Å². The highest BCUT2D eigenvalue weighted by Gasteiger charge is 2.55. The van der Waals surface area contributed by atoms with Crippen molar-refractivity contribution >= 4 is 17.6 Å². The molecule has 2 aliphatic heterocycles. The van der Waals surface area contributed by atoms with Crippen molar-refractivity contribution in [3.8, 4) is 5.88 Å². The van der Waals surface area contributed by atoms with Gasteiger partial charge >= 0.3 is 6.61 Å². The lowest BCUT2D eigenvalue weighted by Crippen LogP contribution is -2.45. The standard InChI is InChI=1S/C19H17F4N5O4/c20-4-14-11-7-30-18(24)28-19(11,8-31-14)10-3-9(1-2-12(10)21)27-16(29)13-5-26-15(6-25-13)32-17(22)23/h1-3,5-6,11,14,17H,4,7-8H2,(H2,24,28)(H,27,29). The summed E-state index contributed by atoms with van der Waals surface area (Å²) < 4.78 is 67.4. The Bertz CT molecular complexity index is 1040. The minimum atomic E-state index is -3.08. The summed E-state index contributed by atoms with van der Waals surface area (Å²) in [6.07, 6.45) is 0.966. The highest BCUT2D eigenvalue weighted by Crippen LogP contribution is 2.46. The van der Waals surface area contributed by atoms with Crippen molar-refractivity contribution in [2.45, 2.75) is 18.3 Å². The zero-order valence-electron chi connectivity index (χ0n) is 16.3. The van der Waals surface area contributed by atoms with Crippen molar-refractivity contribution in [2.24, 2.45) is 16.6 Å². The zero-order valence-corrected chi connectivity index (χ0v) is 16.3. The maximum Gasteiger partial charge on any atom is 0.388 e. The first-order chi connectivity index (χ1) is 15.3. The molecular weight excluding hydrogens is 438 g/mol. The molecule has 32 heavy (non-hydrogen) atoms. The van der Waals surface area contributed by atoms with Crippen LogP contribution in [0.3, 0.4) is 0 Å². The molecule has 1 fully saturated rings. The van der Waals surface area contributed by atoms with Gasteiger partial charge in [-0.3, -0.25) is 4.79 Å². The Balaban J connectivity index is 1.60. The van der Waals surface area contributed by atoms with Crippen molar-refractivity contribution < 1.29 is 36.6 Å². The molecule has 9 nitrogen and oxygen atoms in total. The van der Waals surface area contributed by atoms with Gasteiger partial charge in [0.15, 0.2) is 0 Å². The van der Waals surface area contributed by atoms with Gasteiger partial charge < -0.3 is 25.3 Å². The molecule has 3 heterocycles. The number of amides is 1. The van der Waals surface area contributed by atoms with Gasteiger partial charge in [0.2, 0.25) is 5.88 Å². The summed E-state index contributed by atoms with van der Waals surface area (Å²) in [6, 6.07) is 3.58. The lowest BCUT2D eigenvalue weighted by atomic mass is 9.78. The van der Waals surface area contributed by atoms with E-state index < -0.39 is 48.5 Å². The van der Waals surface area contributed by atoms with E-state index in [-0.39, 0.29) is 36.2 Å². The van der Waals surface area contributed by atoms with Gasteiger partial charge in [0.25, 0.3) is 11.9 Å². The van der Waals surface area contributed by atoms with Crippen LogP contribution < -0.4 is 15.8 Å². The minimum Gasteiger partial charge on any atom is -0.465 e. The van der Waals surface area contributed by atoms with Crippen molar-refractivity contribution in [2.75, 3.05) is 25.2 Å². The lowest BCUT2D eigenvalue weighted by molar-refractivity contribution is -0.0531.